The molecule has 1 unspecified atom stereocenters. The van der Waals surface area contributed by atoms with E-state index >= 15 is 0 Å². The van der Waals surface area contributed by atoms with Crippen LogP contribution in [0.2, 0.25) is 5.15 Å². The smallest absolute Gasteiger partial charge is 0.294 e. The van der Waals surface area contributed by atoms with E-state index in [1.165, 1.54) is 0 Å². The van der Waals surface area contributed by atoms with Gasteiger partial charge in [-0.25, -0.2) is 4.98 Å². The molecule has 2 nitrogen and oxygen atoms in total. The summed E-state index contributed by atoms with van der Waals surface area (Å²) >= 11 is 5.68. The van der Waals surface area contributed by atoms with E-state index < -0.39 is 11.9 Å². The lowest BCUT2D eigenvalue weighted by Gasteiger charge is -2.12. The average molecular weight is 294 g/mol. The molecule has 0 amide bonds. The van der Waals surface area contributed by atoms with Crippen molar-refractivity contribution in [1.82, 2.24) is 4.98 Å². The highest BCUT2D eigenvalue weighted by Gasteiger charge is 2.33. The minimum absolute atomic E-state index is 0.0540. The highest BCUT2D eigenvalue weighted by molar-refractivity contribution is 6.32. The Labute approximate surface area is 115 Å². The first-order valence-corrected chi connectivity index (χ1v) is 6.43. The van der Waals surface area contributed by atoms with Gasteiger partial charge in [0.25, 0.3) is 0 Å². The first kappa shape index (κ1) is 16.0. The Bertz CT molecular complexity index is 460. The zero-order chi connectivity index (χ0) is 14.6. The SMILES string of the molecule is CCCCC(C)C(=O)c1ccc(C(F)(F)F)nc1Cl. The van der Waals surface area contributed by atoms with Crippen LogP contribution in [-0.4, -0.2) is 10.8 Å². The van der Waals surface area contributed by atoms with Crippen LogP contribution in [0.5, 0.6) is 0 Å². The summed E-state index contributed by atoms with van der Waals surface area (Å²) in [4.78, 5) is 15.3. The number of aromatic nitrogens is 1. The second-order valence-corrected chi connectivity index (χ2v) is 4.80. The van der Waals surface area contributed by atoms with Crippen LogP contribution in [0.4, 0.5) is 13.2 Å². The monoisotopic (exact) mass is 293 g/mol. The van der Waals surface area contributed by atoms with Crippen molar-refractivity contribution in [2.45, 2.75) is 39.3 Å². The normalized spacial score (nSPS) is 13.4. The van der Waals surface area contributed by atoms with E-state index in [2.05, 4.69) is 4.98 Å². The molecular formula is C13H15ClF3NO. The maximum absolute atomic E-state index is 12.4. The molecule has 1 rings (SSSR count). The minimum Gasteiger partial charge on any atom is -0.294 e. The van der Waals surface area contributed by atoms with Crippen molar-refractivity contribution in [2.75, 3.05) is 0 Å². The van der Waals surface area contributed by atoms with Crippen LogP contribution in [-0.2, 0) is 6.18 Å². The molecule has 0 aliphatic rings. The van der Waals surface area contributed by atoms with Gasteiger partial charge in [-0.2, -0.15) is 13.2 Å². The molecule has 1 aromatic rings. The van der Waals surface area contributed by atoms with Gasteiger partial charge in [-0.15, -0.1) is 0 Å². The molecule has 6 heteroatoms. The van der Waals surface area contributed by atoms with Crippen LogP contribution in [0.1, 0.15) is 49.2 Å². The molecule has 0 spiro atoms. The van der Waals surface area contributed by atoms with Crippen LogP contribution < -0.4 is 0 Å². The minimum atomic E-state index is -4.56. The molecule has 0 bridgehead atoms. The van der Waals surface area contributed by atoms with E-state index in [1.807, 2.05) is 6.92 Å². The summed E-state index contributed by atoms with van der Waals surface area (Å²) in [6, 6.07) is 1.88. The van der Waals surface area contributed by atoms with Crippen molar-refractivity contribution in [1.29, 1.82) is 0 Å². The van der Waals surface area contributed by atoms with Crippen molar-refractivity contribution >= 4 is 17.4 Å². The standard InChI is InChI=1S/C13H15ClF3NO/c1-3-4-5-8(2)11(19)9-6-7-10(13(15,16)17)18-12(9)14/h6-8H,3-5H2,1-2H3. The Morgan fingerprint density at radius 2 is 2.05 bits per heavy atom. The Kier molecular flexibility index (Phi) is 5.35. The molecule has 0 fully saturated rings. The number of carbonyl (C=O) groups excluding carboxylic acids is 1. The van der Waals surface area contributed by atoms with Crippen molar-refractivity contribution in [3.63, 3.8) is 0 Å². The summed E-state index contributed by atoms with van der Waals surface area (Å²) in [6.45, 7) is 3.75. The van der Waals surface area contributed by atoms with Crippen molar-refractivity contribution in [3.05, 3.63) is 28.5 Å². The number of ketones is 1. The van der Waals surface area contributed by atoms with Gasteiger partial charge in [-0.3, -0.25) is 4.79 Å². The average Bonchev–Trinajstić information content (AvgIpc) is 2.33. The summed E-state index contributed by atoms with van der Waals surface area (Å²) in [5.41, 5.74) is -1.03. The fourth-order valence-corrected chi connectivity index (χ4v) is 1.93. The highest BCUT2D eigenvalue weighted by Crippen LogP contribution is 2.30. The molecule has 1 atom stereocenters. The summed E-state index contributed by atoms with van der Waals surface area (Å²) < 4.78 is 37.3. The fraction of sp³-hybridized carbons (Fsp3) is 0.538. The number of hydrogen-bond donors (Lipinski definition) is 0. The lowest BCUT2D eigenvalue weighted by atomic mass is 9.95. The Morgan fingerprint density at radius 3 is 2.53 bits per heavy atom. The van der Waals surface area contributed by atoms with Crippen molar-refractivity contribution in [3.8, 4) is 0 Å². The van der Waals surface area contributed by atoms with Crippen LogP contribution in [0.15, 0.2) is 12.1 Å². The van der Waals surface area contributed by atoms with Crippen LogP contribution in [0.3, 0.4) is 0 Å². The molecule has 1 aromatic heterocycles. The van der Waals surface area contributed by atoms with Crippen molar-refractivity contribution < 1.29 is 18.0 Å². The molecule has 0 saturated carbocycles. The van der Waals surface area contributed by atoms with E-state index in [0.717, 1.165) is 25.0 Å². The number of pyridine rings is 1. The largest absolute Gasteiger partial charge is 0.433 e. The third-order valence-electron chi connectivity index (χ3n) is 2.84. The predicted octanol–water partition coefficient (Wildman–Crippen LogP) is 4.76. The van der Waals surface area contributed by atoms with Crippen LogP contribution in [0.25, 0.3) is 0 Å². The molecule has 0 radical (unpaired) electrons. The van der Waals surface area contributed by atoms with Gasteiger partial charge in [-0.1, -0.05) is 38.3 Å². The van der Waals surface area contributed by atoms with Gasteiger partial charge in [0.2, 0.25) is 0 Å². The molecule has 0 N–H and O–H groups in total. The van der Waals surface area contributed by atoms with Gasteiger partial charge in [0.15, 0.2) is 5.78 Å². The lowest BCUT2D eigenvalue weighted by Crippen LogP contribution is -2.14. The maximum Gasteiger partial charge on any atom is 0.433 e. The van der Waals surface area contributed by atoms with Gasteiger partial charge >= 0.3 is 6.18 Å². The second-order valence-electron chi connectivity index (χ2n) is 4.44. The zero-order valence-electron chi connectivity index (χ0n) is 10.7. The highest BCUT2D eigenvalue weighted by atomic mass is 35.5. The van der Waals surface area contributed by atoms with Gasteiger partial charge in [0.1, 0.15) is 10.8 Å². The lowest BCUT2D eigenvalue weighted by molar-refractivity contribution is -0.141. The van der Waals surface area contributed by atoms with E-state index in [4.69, 9.17) is 11.6 Å². The topological polar surface area (TPSA) is 30.0 Å². The molecule has 19 heavy (non-hydrogen) atoms. The third kappa shape index (κ3) is 4.20. The Balaban J connectivity index is 2.93. The Morgan fingerprint density at radius 1 is 1.42 bits per heavy atom. The van der Waals surface area contributed by atoms with Gasteiger partial charge < -0.3 is 0 Å². The predicted molar refractivity (Wildman–Crippen MR) is 67.3 cm³/mol. The summed E-state index contributed by atoms with van der Waals surface area (Å²) in [5, 5.41) is -0.386. The van der Waals surface area contributed by atoms with Gasteiger partial charge in [-0.05, 0) is 18.6 Å². The zero-order valence-corrected chi connectivity index (χ0v) is 11.5. The van der Waals surface area contributed by atoms with Crippen molar-refractivity contribution in [2.24, 2.45) is 5.92 Å². The fourth-order valence-electron chi connectivity index (χ4n) is 1.68. The molecule has 0 aliphatic carbocycles. The number of Topliss-reactive ketones (excluding diaryl/α,β-unsaturated/α-hetero) is 1. The molecule has 0 aliphatic heterocycles. The summed E-state index contributed by atoms with van der Waals surface area (Å²) in [6.07, 6.45) is -2.03. The third-order valence-corrected chi connectivity index (χ3v) is 3.13. The number of alkyl halides is 3. The summed E-state index contributed by atoms with van der Waals surface area (Å²) in [5.74, 6) is -0.532. The number of rotatable bonds is 5. The number of unbranched alkanes of at least 4 members (excludes halogenated alkanes) is 1. The maximum atomic E-state index is 12.4. The van der Waals surface area contributed by atoms with Crippen LogP contribution >= 0.6 is 11.6 Å². The van der Waals surface area contributed by atoms with E-state index in [0.29, 0.717) is 6.42 Å². The van der Waals surface area contributed by atoms with E-state index in [9.17, 15) is 18.0 Å². The van der Waals surface area contributed by atoms with E-state index in [1.54, 1.807) is 6.92 Å². The van der Waals surface area contributed by atoms with Gasteiger partial charge in [0, 0.05) is 5.92 Å². The Hall–Kier alpha value is -1.10. The summed E-state index contributed by atoms with van der Waals surface area (Å²) in [7, 11) is 0. The molecule has 106 valence electrons. The molecule has 0 aromatic carbocycles. The van der Waals surface area contributed by atoms with Gasteiger partial charge in [0.05, 0.1) is 5.56 Å². The molecule has 0 saturated heterocycles. The number of hydrogen-bond acceptors (Lipinski definition) is 2. The second kappa shape index (κ2) is 6.37. The van der Waals surface area contributed by atoms with E-state index in [-0.39, 0.29) is 22.4 Å². The molecular weight excluding hydrogens is 279 g/mol. The first-order chi connectivity index (χ1) is 8.77. The first-order valence-electron chi connectivity index (χ1n) is 6.05. The number of nitrogens with zero attached hydrogens (tertiary/aromatic N) is 1. The number of halogens is 4. The quantitative estimate of drug-likeness (QED) is 0.578. The number of carbonyl (C=O) groups is 1. The van der Waals surface area contributed by atoms with Crippen LogP contribution in [0, 0.1) is 5.92 Å². The molecule has 1 heterocycles.